The van der Waals surface area contributed by atoms with Crippen molar-refractivity contribution in [3.05, 3.63) is 12.4 Å². The molecule has 1 aliphatic carbocycles. The number of carbonyl (C=O) groups excluding carboxylic acids is 2. The largest absolute Gasteiger partial charge is 0.481 e. The number of nitrogens with two attached hydrogens (primary N) is 1. The molecule has 21 heavy (non-hydrogen) atoms. The van der Waals surface area contributed by atoms with Gasteiger partial charge in [-0.05, 0) is 18.8 Å². The highest BCUT2D eigenvalue weighted by molar-refractivity contribution is 5.95. The molecule has 1 aromatic rings. The Bertz CT molecular complexity index is 568. The molecule has 1 saturated carbocycles. The number of carboxylic acid groups (broad SMARTS) is 1. The molecule has 0 saturated heterocycles. The Morgan fingerprint density at radius 1 is 1.43 bits per heavy atom. The Balaban J connectivity index is 2.02. The number of aliphatic carboxylic acids is 1. The van der Waals surface area contributed by atoms with Crippen LogP contribution in [-0.4, -0.2) is 32.7 Å². The Kier molecular flexibility index (Phi) is 4.25. The summed E-state index contributed by atoms with van der Waals surface area (Å²) in [6.45, 7) is 1.86. The number of hydrogen-bond acceptors (Lipinski definition) is 4. The lowest BCUT2D eigenvalue weighted by molar-refractivity contribution is -0.145. The molecule has 2 rings (SSSR count). The van der Waals surface area contributed by atoms with Gasteiger partial charge < -0.3 is 16.2 Å². The van der Waals surface area contributed by atoms with Crippen LogP contribution < -0.4 is 11.1 Å². The van der Waals surface area contributed by atoms with Gasteiger partial charge in [-0.1, -0.05) is 6.92 Å². The molecule has 8 nitrogen and oxygen atoms in total. The topological polar surface area (TPSA) is 127 Å². The lowest BCUT2D eigenvalue weighted by Crippen LogP contribution is -2.29. The second kappa shape index (κ2) is 5.94. The van der Waals surface area contributed by atoms with Crippen molar-refractivity contribution in [1.29, 1.82) is 0 Å². The smallest absolute Gasteiger partial charge is 0.307 e. The molecule has 3 atom stereocenters. The van der Waals surface area contributed by atoms with E-state index < -0.39 is 23.7 Å². The molecule has 3 unspecified atom stereocenters. The normalized spacial score (nSPS) is 24.7. The summed E-state index contributed by atoms with van der Waals surface area (Å²) in [5.41, 5.74) is 5.47. The molecular weight excluding hydrogens is 276 g/mol. The molecule has 8 heteroatoms. The van der Waals surface area contributed by atoms with Crippen LogP contribution in [0.15, 0.2) is 12.4 Å². The zero-order valence-electron chi connectivity index (χ0n) is 11.7. The molecule has 1 fully saturated rings. The highest BCUT2D eigenvalue weighted by atomic mass is 16.4. The quantitative estimate of drug-likeness (QED) is 0.707. The third-order valence-corrected chi connectivity index (χ3v) is 3.67. The molecule has 0 radical (unpaired) electrons. The second-order valence-corrected chi connectivity index (χ2v) is 5.51. The maximum atomic E-state index is 12.2. The van der Waals surface area contributed by atoms with Gasteiger partial charge in [-0.2, -0.15) is 5.10 Å². The van der Waals surface area contributed by atoms with Crippen LogP contribution in [0.5, 0.6) is 0 Å². The molecule has 1 heterocycles. The van der Waals surface area contributed by atoms with Crippen LogP contribution in [0.1, 0.15) is 19.8 Å². The zero-order chi connectivity index (χ0) is 15.6. The molecule has 114 valence electrons. The van der Waals surface area contributed by atoms with Crippen molar-refractivity contribution in [1.82, 2.24) is 9.78 Å². The number of hydrogen-bond donors (Lipinski definition) is 3. The molecule has 1 aliphatic rings. The minimum atomic E-state index is -0.941. The van der Waals surface area contributed by atoms with Crippen LogP contribution in [0.25, 0.3) is 0 Å². The Morgan fingerprint density at radius 2 is 2.10 bits per heavy atom. The van der Waals surface area contributed by atoms with Crippen LogP contribution in [0.4, 0.5) is 5.69 Å². The standard InChI is InChI=1S/C13H18N4O4/c1-7-2-9(10(3-7)13(20)21)12(19)16-8-4-15-17(5-8)6-11(14)18/h4-5,7,9-10H,2-3,6H2,1H3,(H2,14,18)(H,16,19)(H,20,21). The summed E-state index contributed by atoms with van der Waals surface area (Å²) in [4.78, 5) is 34.2. The van der Waals surface area contributed by atoms with E-state index in [9.17, 15) is 19.5 Å². The number of primary amides is 1. The Hall–Kier alpha value is -2.38. The third-order valence-electron chi connectivity index (χ3n) is 3.67. The van der Waals surface area contributed by atoms with Crippen molar-refractivity contribution >= 4 is 23.5 Å². The maximum Gasteiger partial charge on any atom is 0.307 e. The number of amides is 2. The fourth-order valence-electron chi connectivity index (χ4n) is 2.76. The summed E-state index contributed by atoms with van der Waals surface area (Å²) in [6, 6.07) is 0. The van der Waals surface area contributed by atoms with Crippen LogP contribution in [-0.2, 0) is 20.9 Å². The Morgan fingerprint density at radius 3 is 2.71 bits per heavy atom. The van der Waals surface area contributed by atoms with E-state index in [1.54, 1.807) is 0 Å². The fourth-order valence-corrected chi connectivity index (χ4v) is 2.76. The highest BCUT2D eigenvalue weighted by Crippen LogP contribution is 2.37. The molecule has 0 bridgehead atoms. The number of rotatable bonds is 5. The number of aromatic nitrogens is 2. The summed E-state index contributed by atoms with van der Waals surface area (Å²) in [7, 11) is 0. The number of carboxylic acids is 1. The zero-order valence-corrected chi connectivity index (χ0v) is 11.7. The van der Waals surface area contributed by atoms with Crippen molar-refractivity contribution in [2.45, 2.75) is 26.3 Å². The predicted molar refractivity (Wildman–Crippen MR) is 73.1 cm³/mol. The summed E-state index contributed by atoms with van der Waals surface area (Å²) >= 11 is 0. The van der Waals surface area contributed by atoms with Crippen molar-refractivity contribution in [3.8, 4) is 0 Å². The number of anilines is 1. The summed E-state index contributed by atoms with van der Waals surface area (Å²) < 4.78 is 1.31. The van der Waals surface area contributed by atoms with Gasteiger partial charge in [0, 0.05) is 6.20 Å². The number of nitrogens with zero attached hydrogens (tertiary/aromatic N) is 2. The van der Waals surface area contributed by atoms with Crippen molar-refractivity contribution in [3.63, 3.8) is 0 Å². The van der Waals surface area contributed by atoms with Crippen LogP contribution in [0, 0.1) is 17.8 Å². The second-order valence-electron chi connectivity index (χ2n) is 5.51. The molecule has 0 aromatic carbocycles. The van der Waals surface area contributed by atoms with Crippen molar-refractivity contribution in [2.24, 2.45) is 23.5 Å². The van der Waals surface area contributed by atoms with Gasteiger partial charge in [0.15, 0.2) is 0 Å². The van der Waals surface area contributed by atoms with Gasteiger partial charge >= 0.3 is 5.97 Å². The van der Waals surface area contributed by atoms with Gasteiger partial charge in [-0.15, -0.1) is 0 Å². The van der Waals surface area contributed by atoms with Crippen LogP contribution >= 0.6 is 0 Å². The first-order valence-corrected chi connectivity index (χ1v) is 6.71. The van der Waals surface area contributed by atoms with E-state index in [0.29, 0.717) is 18.5 Å². The number of nitrogens with one attached hydrogen (secondary N) is 1. The molecule has 2 amide bonds. The van der Waals surface area contributed by atoms with E-state index in [4.69, 9.17) is 5.73 Å². The highest BCUT2D eigenvalue weighted by Gasteiger charge is 2.41. The average Bonchev–Trinajstić information content (AvgIpc) is 2.95. The van der Waals surface area contributed by atoms with E-state index in [1.807, 2.05) is 6.92 Å². The summed E-state index contributed by atoms with van der Waals surface area (Å²) in [5, 5.41) is 15.7. The van der Waals surface area contributed by atoms with Gasteiger partial charge in [0.05, 0.1) is 23.7 Å². The van der Waals surface area contributed by atoms with E-state index >= 15 is 0 Å². The first-order chi connectivity index (χ1) is 9.86. The van der Waals surface area contributed by atoms with Crippen molar-refractivity contribution < 1.29 is 19.5 Å². The lowest BCUT2D eigenvalue weighted by Gasteiger charge is -2.14. The van der Waals surface area contributed by atoms with E-state index in [2.05, 4.69) is 10.4 Å². The predicted octanol–water partition coefficient (Wildman–Crippen LogP) is 0.0538. The Labute approximate surface area is 121 Å². The first-order valence-electron chi connectivity index (χ1n) is 6.71. The van der Waals surface area contributed by atoms with Gasteiger partial charge in [-0.3, -0.25) is 19.1 Å². The average molecular weight is 294 g/mol. The molecular formula is C13H18N4O4. The van der Waals surface area contributed by atoms with Crippen LogP contribution in [0.3, 0.4) is 0 Å². The molecule has 1 aromatic heterocycles. The van der Waals surface area contributed by atoms with Gasteiger partial charge in [0.1, 0.15) is 6.54 Å². The fraction of sp³-hybridized carbons (Fsp3) is 0.538. The number of carbonyl (C=O) groups is 3. The van der Waals surface area contributed by atoms with Gasteiger partial charge in [0.2, 0.25) is 11.8 Å². The molecule has 4 N–H and O–H groups in total. The minimum Gasteiger partial charge on any atom is -0.481 e. The van der Waals surface area contributed by atoms with Gasteiger partial charge in [-0.25, -0.2) is 0 Å². The van der Waals surface area contributed by atoms with Gasteiger partial charge in [0.25, 0.3) is 0 Å². The van der Waals surface area contributed by atoms with Crippen molar-refractivity contribution in [2.75, 3.05) is 5.32 Å². The third kappa shape index (κ3) is 3.59. The summed E-state index contributed by atoms with van der Waals surface area (Å²) in [6.07, 6.45) is 3.94. The maximum absolute atomic E-state index is 12.2. The monoisotopic (exact) mass is 294 g/mol. The van der Waals surface area contributed by atoms with E-state index in [1.165, 1.54) is 17.1 Å². The minimum absolute atomic E-state index is 0.0753. The first kappa shape index (κ1) is 15.0. The van der Waals surface area contributed by atoms with E-state index in [-0.39, 0.29) is 18.4 Å². The lowest BCUT2D eigenvalue weighted by atomic mass is 9.95. The SMILES string of the molecule is CC1CC(C(=O)O)C(C(=O)Nc2cnn(CC(N)=O)c2)C1. The molecule has 0 aliphatic heterocycles. The van der Waals surface area contributed by atoms with E-state index in [0.717, 1.165) is 0 Å². The summed E-state index contributed by atoms with van der Waals surface area (Å²) in [5.74, 6) is -2.79. The van der Waals surface area contributed by atoms with Crippen LogP contribution in [0.2, 0.25) is 0 Å². The molecule has 0 spiro atoms.